The number of nitrogens with zero attached hydrogens (tertiary/aromatic N) is 3. The maximum Gasteiger partial charge on any atom is 0.251 e. The fraction of sp³-hybridized carbons (Fsp3) is 0.529. The summed E-state index contributed by atoms with van der Waals surface area (Å²) in [6.07, 6.45) is 5.10. The summed E-state index contributed by atoms with van der Waals surface area (Å²) >= 11 is 1.87. The second-order valence-electron chi connectivity index (χ2n) is 6.46. The first-order valence-electron chi connectivity index (χ1n) is 8.35. The standard InChI is InChI=1S/C17H21N3O3S/c1-11-8-14-17(24-11)15(2-5-18-14)22-12-3-6-20(7-4-12)10-13-9-16(21)19-23-13/h2,5,9,11-12H,3-4,6-8,10H2,1H3,(H,19,21). The van der Waals surface area contributed by atoms with Crippen LogP contribution in [0.4, 0.5) is 0 Å². The van der Waals surface area contributed by atoms with E-state index in [0.29, 0.717) is 17.6 Å². The van der Waals surface area contributed by atoms with E-state index in [1.165, 1.54) is 10.6 Å². The third kappa shape index (κ3) is 3.37. The molecule has 4 heterocycles. The van der Waals surface area contributed by atoms with Gasteiger partial charge >= 0.3 is 0 Å². The Morgan fingerprint density at radius 3 is 3.00 bits per heavy atom. The van der Waals surface area contributed by atoms with Crippen LogP contribution in [-0.2, 0) is 13.0 Å². The first-order valence-corrected chi connectivity index (χ1v) is 9.23. The van der Waals surface area contributed by atoms with Crippen molar-refractivity contribution in [1.82, 2.24) is 15.0 Å². The quantitative estimate of drug-likeness (QED) is 0.912. The topological polar surface area (TPSA) is 71.6 Å². The number of pyridine rings is 1. The molecule has 2 aromatic rings. The molecule has 7 heteroatoms. The van der Waals surface area contributed by atoms with E-state index in [-0.39, 0.29) is 12.0 Å². The summed E-state index contributed by atoms with van der Waals surface area (Å²) < 4.78 is 11.4. The zero-order chi connectivity index (χ0) is 16.5. The van der Waals surface area contributed by atoms with E-state index in [9.17, 15) is 5.11 Å². The fourth-order valence-electron chi connectivity index (χ4n) is 3.31. The molecule has 0 spiro atoms. The van der Waals surface area contributed by atoms with Gasteiger partial charge in [-0.3, -0.25) is 9.88 Å². The van der Waals surface area contributed by atoms with Crippen molar-refractivity contribution in [1.29, 1.82) is 0 Å². The molecular weight excluding hydrogens is 326 g/mol. The van der Waals surface area contributed by atoms with E-state index >= 15 is 0 Å². The largest absolute Gasteiger partial charge is 0.491 e. The Kier molecular flexibility index (Phi) is 4.37. The summed E-state index contributed by atoms with van der Waals surface area (Å²) in [5.74, 6) is 1.64. The Hall–Kier alpha value is -1.73. The average Bonchev–Trinajstić information content (AvgIpc) is 3.14. The van der Waals surface area contributed by atoms with Crippen molar-refractivity contribution in [2.45, 2.75) is 49.0 Å². The predicted octanol–water partition coefficient (Wildman–Crippen LogP) is 2.86. The predicted molar refractivity (Wildman–Crippen MR) is 90.4 cm³/mol. The Bertz CT molecular complexity index is 713. The highest BCUT2D eigenvalue weighted by Crippen LogP contribution is 2.42. The smallest absolute Gasteiger partial charge is 0.251 e. The lowest BCUT2D eigenvalue weighted by atomic mass is 10.1. The van der Waals surface area contributed by atoms with Gasteiger partial charge in [-0.05, 0) is 24.1 Å². The summed E-state index contributed by atoms with van der Waals surface area (Å²) in [6, 6.07) is 3.56. The molecule has 1 saturated heterocycles. The molecule has 1 fully saturated rings. The summed E-state index contributed by atoms with van der Waals surface area (Å²) in [4.78, 5) is 8.00. The molecule has 0 bridgehead atoms. The normalized spacial score (nSPS) is 21.8. The number of aromatic nitrogens is 2. The van der Waals surface area contributed by atoms with Crippen LogP contribution in [0.3, 0.4) is 0 Å². The van der Waals surface area contributed by atoms with Crippen LogP contribution < -0.4 is 4.74 Å². The molecule has 2 aliphatic rings. The van der Waals surface area contributed by atoms with Crippen molar-refractivity contribution in [3.05, 3.63) is 29.8 Å². The number of likely N-dealkylation sites (tertiary alicyclic amines) is 1. The van der Waals surface area contributed by atoms with Crippen LogP contribution in [0.2, 0.25) is 0 Å². The Morgan fingerprint density at radius 2 is 2.25 bits per heavy atom. The van der Waals surface area contributed by atoms with E-state index in [1.54, 1.807) is 6.07 Å². The second kappa shape index (κ2) is 6.64. The van der Waals surface area contributed by atoms with E-state index < -0.39 is 0 Å². The summed E-state index contributed by atoms with van der Waals surface area (Å²) in [5, 5.41) is 13.3. The second-order valence-corrected chi connectivity index (χ2v) is 7.91. The molecule has 24 heavy (non-hydrogen) atoms. The van der Waals surface area contributed by atoms with E-state index in [4.69, 9.17) is 9.26 Å². The SMILES string of the molecule is CC1Cc2nccc(OC3CCN(Cc4cc(O)no4)CC3)c2S1. The summed E-state index contributed by atoms with van der Waals surface area (Å²) in [7, 11) is 0. The third-order valence-corrected chi connectivity index (χ3v) is 5.74. The number of rotatable bonds is 4. The van der Waals surface area contributed by atoms with Crippen molar-refractivity contribution in [3.63, 3.8) is 0 Å². The minimum atomic E-state index is -0.0542. The molecule has 2 aliphatic heterocycles. The molecule has 128 valence electrons. The highest BCUT2D eigenvalue weighted by atomic mass is 32.2. The van der Waals surface area contributed by atoms with Crippen LogP contribution in [0, 0.1) is 0 Å². The minimum Gasteiger partial charge on any atom is -0.491 e. The molecule has 0 aromatic carbocycles. The van der Waals surface area contributed by atoms with Gasteiger partial charge in [0.15, 0.2) is 5.76 Å². The molecule has 1 N–H and O–H groups in total. The van der Waals surface area contributed by atoms with Crippen molar-refractivity contribution in [3.8, 4) is 11.6 Å². The highest BCUT2D eigenvalue weighted by molar-refractivity contribution is 8.00. The van der Waals surface area contributed by atoms with E-state index in [1.807, 2.05) is 24.0 Å². The van der Waals surface area contributed by atoms with Crippen molar-refractivity contribution < 1.29 is 14.4 Å². The molecule has 0 saturated carbocycles. The maximum atomic E-state index is 9.23. The molecule has 1 atom stereocenters. The molecule has 1 unspecified atom stereocenters. The third-order valence-electron chi connectivity index (χ3n) is 4.50. The van der Waals surface area contributed by atoms with Gasteiger partial charge in [0.2, 0.25) is 0 Å². The molecule has 2 aromatic heterocycles. The van der Waals surface area contributed by atoms with E-state index in [2.05, 4.69) is 22.0 Å². The monoisotopic (exact) mass is 347 g/mol. The van der Waals surface area contributed by atoms with Crippen LogP contribution in [0.15, 0.2) is 27.7 Å². The van der Waals surface area contributed by atoms with E-state index in [0.717, 1.165) is 38.1 Å². The van der Waals surface area contributed by atoms with Crippen molar-refractivity contribution >= 4 is 11.8 Å². The average molecular weight is 347 g/mol. The number of piperidine rings is 1. The Balaban J connectivity index is 1.33. The molecule has 6 nitrogen and oxygen atoms in total. The lowest BCUT2D eigenvalue weighted by Crippen LogP contribution is -2.37. The number of thioether (sulfide) groups is 1. The molecule has 4 rings (SSSR count). The van der Waals surface area contributed by atoms with Gasteiger partial charge in [-0.25, -0.2) is 0 Å². The van der Waals surface area contributed by atoms with Crippen LogP contribution in [-0.4, -0.2) is 44.6 Å². The van der Waals surface area contributed by atoms with Crippen LogP contribution >= 0.6 is 11.8 Å². The van der Waals surface area contributed by atoms with Crippen LogP contribution in [0.1, 0.15) is 31.2 Å². The number of ether oxygens (including phenoxy) is 1. The Labute approximate surface area is 145 Å². The van der Waals surface area contributed by atoms with Gasteiger partial charge in [0.25, 0.3) is 5.88 Å². The van der Waals surface area contributed by atoms with Gasteiger partial charge < -0.3 is 14.4 Å². The molecule has 0 radical (unpaired) electrons. The Morgan fingerprint density at radius 1 is 1.42 bits per heavy atom. The highest BCUT2D eigenvalue weighted by Gasteiger charge is 2.26. The fourth-order valence-corrected chi connectivity index (χ4v) is 4.46. The van der Waals surface area contributed by atoms with Gasteiger partial charge in [0.05, 0.1) is 17.1 Å². The number of hydrogen-bond donors (Lipinski definition) is 1. The van der Waals surface area contributed by atoms with Crippen LogP contribution in [0.25, 0.3) is 0 Å². The summed E-state index contributed by atoms with van der Waals surface area (Å²) in [6.45, 7) is 4.81. The summed E-state index contributed by atoms with van der Waals surface area (Å²) in [5.41, 5.74) is 1.17. The van der Waals surface area contributed by atoms with Crippen molar-refractivity contribution in [2.24, 2.45) is 0 Å². The number of fused-ring (bicyclic) bond motifs is 1. The molecular formula is C17H21N3O3S. The lowest BCUT2D eigenvalue weighted by molar-refractivity contribution is 0.0893. The first kappa shape index (κ1) is 15.8. The lowest BCUT2D eigenvalue weighted by Gasteiger charge is -2.31. The van der Waals surface area contributed by atoms with Gasteiger partial charge in [0, 0.05) is 37.0 Å². The number of hydrogen-bond acceptors (Lipinski definition) is 7. The van der Waals surface area contributed by atoms with Crippen LogP contribution in [0.5, 0.6) is 11.6 Å². The minimum absolute atomic E-state index is 0.0542. The van der Waals surface area contributed by atoms with Gasteiger partial charge in [-0.2, -0.15) is 0 Å². The van der Waals surface area contributed by atoms with Gasteiger partial charge in [-0.1, -0.05) is 6.92 Å². The first-order chi connectivity index (χ1) is 11.7. The zero-order valence-electron chi connectivity index (χ0n) is 13.6. The van der Waals surface area contributed by atoms with Gasteiger partial charge in [0.1, 0.15) is 11.9 Å². The number of aromatic hydroxyl groups is 1. The molecule has 0 aliphatic carbocycles. The van der Waals surface area contributed by atoms with Gasteiger partial charge in [-0.15, -0.1) is 11.8 Å². The molecule has 0 amide bonds. The maximum absolute atomic E-state index is 9.23. The zero-order valence-corrected chi connectivity index (χ0v) is 14.5. The van der Waals surface area contributed by atoms with Crippen molar-refractivity contribution in [2.75, 3.05) is 13.1 Å².